The summed E-state index contributed by atoms with van der Waals surface area (Å²) < 4.78 is 10.6. The Bertz CT molecular complexity index is 729. The van der Waals surface area contributed by atoms with Gasteiger partial charge in [-0.3, -0.25) is 9.69 Å². The molecule has 0 aliphatic carbocycles. The van der Waals surface area contributed by atoms with Crippen molar-refractivity contribution in [1.82, 2.24) is 10.2 Å². The van der Waals surface area contributed by atoms with Crippen molar-refractivity contribution in [2.45, 2.75) is 31.8 Å². The first-order chi connectivity index (χ1) is 12.9. The Hall–Kier alpha value is -2.32. The maximum absolute atomic E-state index is 11.9. The normalized spacial score (nSPS) is 21.9. The molecule has 0 saturated carbocycles. The average Bonchev–Trinajstić information content (AvgIpc) is 3.00. The molecule has 1 aromatic rings. The summed E-state index contributed by atoms with van der Waals surface area (Å²) in [6.07, 6.45) is 2.45. The minimum atomic E-state index is -1.09. The minimum absolute atomic E-state index is 0.0304. The second kappa shape index (κ2) is 7.74. The molecule has 0 unspecified atom stereocenters. The molecule has 0 aromatic heterocycles. The molecule has 27 heavy (non-hydrogen) atoms. The number of hydrogen-bond donors (Lipinski definition) is 3. The van der Waals surface area contributed by atoms with E-state index in [4.69, 9.17) is 9.47 Å². The van der Waals surface area contributed by atoms with Gasteiger partial charge in [-0.15, -0.1) is 0 Å². The molecule has 3 N–H and O–H groups in total. The molecule has 148 valence electrons. The summed E-state index contributed by atoms with van der Waals surface area (Å²) in [7, 11) is 2.93. The number of nitrogens with zero attached hydrogens (tertiary/aromatic N) is 1. The standard InChI is InChI=1S/C19H26N2O6/c1-26-12-7-13(17(22)23)14(16(8-12)27-2)10-21-11-19(3-5-20-6-4-19)9-15(21)18(24)25/h7-8,15,20H,3-6,9-11H2,1-2H3,(H,22,23)(H,24,25)/t15-/m0/s1. The molecule has 1 spiro atoms. The predicted molar refractivity (Wildman–Crippen MR) is 97.5 cm³/mol. The summed E-state index contributed by atoms with van der Waals surface area (Å²) >= 11 is 0. The Balaban J connectivity index is 1.95. The Kier molecular flexibility index (Phi) is 5.57. The fourth-order valence-electron chi connectivity index (χ4n) is 4.35. The van der Waals surface area contributed by atoms with Gasteiger partial charge in [0.15, 0.2) is 0 Å². The van der Waals surface area contributed by atoms with Crippen LogP contribution in [0.5, 0.6) is 11.5 Å². The number of nitrogens with one attached hydrogen (secondary N) is 1. The van der Waals surface area contributed by atoms with Crippen molar-refractivity contribution in [2.75, 3.05) is 33.9 Å². The number of carbonyl (C=O) groups is 2. The molecule has 8 heteroatoms. The van der Waals surface area contributed by atoms with Crippen molar-refractivity contribution < 1.29 is 29.3 Å². The maximum atomic E-state index is 11.9. The lowest BCUT2D eigenvalue weighted by Gasteiger charge is -2.33. The second-order valence-corrected chi connectivity index (χ2v) is 7.37. The smallest absolute Gasteiger partial charge is 0.336 e. The number of piperidine rings is 1. The zero-order valence-electron chi connectivity index (χ0n) is 15.7. The summed E-state index contributed by atoms with van der Waals surface area (Å²) in [4.78, 5) is 25.5. The third-order valence-corrected chi connectivity index (χ3v) is 5.78. The number of carboxylic acid groups (broad SMARTS) is 2. The van der Waals surface area contributed by atoms with Crippen LogP contribution < -0.4 is 14.8 Å². The van der Waals surface area contributed by atoms with Crippen LogP contribution >= 0.6 is 0 Å². The first-order valence-corrected chi connectivity index (χ1v) is 9.05. The van der Waals surface area contributed by atoms with Crippen LogP contribution in [0, 0.1) is 5.41 Å². The van der Waals surface area contributed by atoms with E-state index in [1.165, 1.54) is 20.3 Å². The maximum Gasteiger partial charge on any atom is 0.336 e. The third-order valence-electron chi connectivity index (χ3n) is 5.78. The van der Waals surface area contributed by atoms with Crippen LogP contribution in [-0.4, -0.2) is 66.9 Å². The molecule has 0 amide bonds. The summed E-state index contributed by atoms with van der Waals surface area (Å²) in [5.41, 5.74) is 0.516. The lowest BCUT2D eigenvalue weighted by Crippen LogP contribution is -2.39. The van der Waals surface area contributed by atoms with Crippen molar-refractivity contribution in [3.8, 4) is 11.5 Å². The van der Waals surface area contributed by atoms with E-state index in [0.29, 0.717) is 30.0 Å². The number of rotatable bonds is 6. The van der Waals surface area contributed by atoms with Gasteiger partial charge in [-0.05, 0) is 43.8 Å². The van der Waals surface area contributed by atoms with Crippen LogP contribution in [-0.2, 0) is 11.3 Å². The van der Waals surface area contributed by atoms with Gasteiger partial charge in [0.05, 0.1) is 19.8 Å². The van der Waals surface area contributed by atoms with E-state index >= 15 is 0 Å². The monoisotopic (exact) mass is 378 g/mol. The molecule has 2 aliphatic heterocycles. The van der Waals surface area contributed by atoms with Gasteiger partial charge in [0.25, 0.3) is 0 Å². The molecule has 3 rings (SSSR count). The van der Waals surface area contributed by atoms with E-state index in [2.05, 4.69) is 5.32 Å². The molecule has 0 radical (unpaired) electrons. The van der Waals surface area contributed by atoms with E-state index < -0.39 is 18.0 Å². The van der Waals surface area contributed by atoms with Crippen molar-refractivity contribution >= 4 is 11.9 Å². The summed E-state index contributed by atoms with van der Waals surface area (Å²) in [5.74, 6) is -1.18. The van der Waals surface area contributed by atoms with Crippen LogP contribution in [0.25, 0.3) is 0 Å². The Morgan fingerprint density at radius 1 is 1.22 bits per heavy atom. The Labute approximate surface area is 158 Å². The second-order valence-electron chi connectivity index (χ2n) is 7.37. The Morgan fingerprint density at radius 2 is 1.93 bits per heavy atom. The first-order valence-electron chi connectivity index (χ1n) is 9.05. The zero-order chi connectivity index (χ0) is 19.6. The molecule has 2 aliphatic rings. The van der Waals surface area contributed by atoms with Gasteiger partial charge < -0.3 is 25.0 Å². The van der Waals surface area contributed by atoms with E-state index in [1.807, 2.05) is 4.90 Å². The molecule has 0 bridgehead atoms. The van der Waals surface area contributed by atoms with Crippen LogP contribution in [0.1, 0.15) is 35.2 Å². The van der Waals surface area contributed by atoms with Gasteiger partial charge in [0.1, 0.15) is 17.5 Å². The van der Waals surface area contributed by atoms with Gasteiger partial charge in [0.2, 0.25) is 0 Å². The first kappa shape index (κ1) is 19.4. The molecule has 1 aromatic carbocycles. The summed E-state index contributed by atoms with van der Waals surface area (Å²) in [6.45, 7) is 2.61. The van der Waals surface area contributed by atoms with Crippen molar-refractivity contribution in [3.63, 3.8) is 0 Å². The average molecular weight is 378 g/mol. The van der Waals surface area contributed by atoms with Crippen LogP contribution in [0.4, 0.5) is 0 Å². The number of ether oxygens (including phenoxy) is 2. The zero-order valence-corrected chi connectivity index (χ0v) is 15.7. The highest BCUT2D eigenvalue weighted by molar-refractivity contribution is 5.91. The van der Waals surface area contributed by atoms with Crippen molar-refractivity contribution in [2.24, 2.45) is 5.41 Å². The van der Waals surface area contributed by atoms with E-state index in [-0.39, 0.29) is 17.5 Å². The lowest BCUT2D eigenvalue weighted by molar-refractivity contribution is -0.142. The van der Waals surface area contributed by atoms with Gasteiger partial charge in [0, 0.05) is 24.7 Å². The Morgan fingerprint density at radius 3 is 2.48 bits per heavy atom. The minimum Gasteiger partial charge on any atom is -0.497 e. The third kappa shape index (κ3) is 3.86. The molecule has 2 fully saturated rings. The SMILES string of the molecule is COc1cc(OC)c(CN2CC3(CCNCC3)C[C@H]2C(=O)O)c(C(=O)O)c1. The van der Waals surface area contributed by atoms with E-state index in [0.717, 1.165) is 25.9 Å². The highest BCUT2D eigenvalue weighted by Crippen LogP contribution is 2.43. The summed E-state index contributed by atoms with van der Waals surface area (Å²) in [6, 6.07) is 2.46. The highest BCUT2D eigenvalue weighted by atomic mass is 16.5. The number of benzene rings is 1. The predicted octanol–water partition coefficient (Wildman–Crippen LogP) is 1.43. The highest BCUT2D eigenvalue weighted by Gasteiger charge is 2.47. The van der Waals surface area contributed by atoms with E-state index in [1.54, 1.807) is 6.07 Å². The van der Waals surface area contributed by atoms with E-state index in [9.17, 15) is 19.8 Å². The van der Waals surface area contributed by atoms with Crippen molar-refractivity contribution in [1.29, 1.82) is 0 Å². The van der Waals surface area contributed by atoms with Gasteiger partial charge in [-0.1, -0.05) is 0 Å². The lowest BCUT2D eigenvalue weighted by atomic mass is 9.77. The number of hydrogen-bond acceptors (Lipinski definition) is 6. The van der Waals surface area contributed by atoms with Gasteiger partial charge in [-0.2, -0.15) is 0 Å². The molecule has 2 heterocycles. The van der Waals surface area contributed by atoms with Gasteiger partial charge in [-0.25, -0.2) is 4.79 Å². The molecule has 2 saturated heterocycles. The largest absolute Gasteiger partial charge is 0.497 e. The van der Waals surface area contributed by atoms with Crippen LogP contribution in [0.2, 0.25) is 0 Å². The number of carboxylic acids is 2. The molecule has 1 atom stereocenters. The quantitative estimate of drug-likeness (QED) is 0.682. The molecule has 8 nitrogen and oxygen atoms in total. The topological polar surface area (TPSA) is 108 Å². The molecular weight excluding hydrogens is 352 g/mol. The number of aromatic carboxylic acids is 1. The molecular formula is C19H26N2O6. The van der Waals surface area contributed by atoms with Crippen LogP contribution in [0.3, 0.4) is 0 Å². The fraction of sp³-hybridized carbons (Fsp3) is 0.579. The number of likely N-dealkylation sites (tertiary alicyclic amines) is 1. The van der Waals surface area contributed by atoms with Gasteiger partial charge >= 0.3 is 11.9 Å². The summed E-state index contributed by atoms with van der Waals surface area (Å²) in [5, 5.41) is 22.7. The fourth-order valence-corrected chi connectivity index (χ4v) is 4.35. The number of methoxy groups -OCH3 is 2. The number of aliphatic carboxylic acids is 1. The van der Waals surface area contributed by atoms with Crippen LogP contribution in [0.15, 0.2) is 12.1 Å². The van der Waals surface area contributed by atoms with Crippen molar-refractivity contribution in [3.05, 3.63) is 23.3 Å².